The van der Waals surface area contributed by atoms with Gasteiger partial charge in [0.15, 0.2) is 0 Å². The molecule has 0 spiro atoms. The summed E-state index contributed by atoms with van der Waals surface area (Å²) in [5, 5.41) is 9.33. The molecule has 1 unspecified atom stereocenters. The van der Waals surface area contributed by atoms with Gasteiger partial charge in [-0.15, -0.1) is 0 Å². The lowest BCUT2D eigenvalue weighted by Crippen LogP contribution is -2.51. The SMILES string of the molecule is CCC(CO)N1CCN(c2ccccc2N)CC1. The zero-order valence-corrected chi connectivity index (χ0v) is 11.0. The third-order valence-corrected chi connectivity index (χ3v) is 3.79. The lowest BCUT2D eigenvalue weighted by molar-refractivity contribution is 0.114. The number of aliphatic hydroxyl groups is 1. The second-order valence-corrected chi connectivity index (χ2v) is 4.83. The normalized spacial score (nSPS) is 18.9. The van der Waals surface area contributed by atoms with Crippen LogP contribution in [0.15, 0.2) is 24.3 Å². The number of nitrogens with zero attached hydrogens (tertiary/aromatic N) is 2. The lowest BCUT2D eigenvalue weighted by Gasteiger charge is -2.39. The number of anilines is 2. The van der Waals surface area contributed by atoms with E-state index < -0.39 is 0 Å². The van der Waals surface area contributed by atoms with Gasteiger partial charge in [-0.1, -0.05) is 19.1 Å². The van der Waals surface area contributed by atoms with E-state index in [1.54, 1.807) is 0 Å². The van der Waals surface area contributed by atoms with Crippen LogP contribution in [0.25, 0.3) is 0 Å². The highest BCUT2D eigenvalue weighted by molar-refractivity contribution is 5.67. The first-order valence-corrected chi connectivity index (χ1v) is 6.70. The van der Waals surface area contributed by atoms with Crippen molar-refractivity contribution in [3.63, 3.8) is 0 Å². The van der Waals surface area contributed by atoms with Gasteiger partial charge in [0.2, 0.25) is 0 Å². The van der Waals surface area contributed by atoms with Crippen LogP contribution in [0.4, 0.5) is 11.4 Å². The van der Waals surface area contributed by atoms with Crippen molar-refractivity contribution in [1.82, 2.24) is 4.90 Å². The van der Waals surface area contributed by atoms with Gasteiger partial charge in [0.1, 0.15) is 0 Å². The molecule has 100 valence electrons. The predicted octanol–water partition coefficient (Wildman–Crippen LogP) is 1.16. The Balaban J connectivity index is 1.96. The minimum absolute atomic E-state index is 0.254. The second kappa shape index (κ2) is 6.07. The summed E-state index contributed by atoms with van der Waals surface area (Å²) in [6.45, 7) is 6.32. The summed E-state index contributed by atoms with van der Waals surface area (Å²) in [7, 11) is 0. The maximum atomic E-state index is 9.33. The topological polar surface area (TPSA) is 52.7 Å². The Bertz CT molecular complexity index is 371. The van der Waals surface area contributed by atoms with Crippen molar-refractivity contribution in [2.24, 2.45) is 0 Å². The Morgan fingerprint density at radius 2 is 1.89 bits per heavy atom. The fraction of sp³-hybridized carbons (Fsp3) is 0.571. The smallest absolute Gasteiger partial charge is 0.0600 e. The molecular weight excluding hydrogens is 226 g/mol. The van der Waals surface area contributed by atoms with E-state index in [1.807, 2.05) is 18.2 Å². The molecule has 0 bridgehead atoms. The third kappa shape index (κ3) is 2.76. The van der Waals surface area contributed by atoms with Gasteiger partial charge in [0.05, 0.1) is 18.0 Å². The van der Waals surface area contributed by atoms with E-state index >= 15 is 0 Å². The van der Waals surface area contributed by atoms with Crippen molar-refractivity contribution in [3.8, 4) is 0 Å². The quantitative estimate of drug-likeness (QED) is 0.786. The predicted molar refractivity (Wildman–Crippen MR) is 75.8 cm³/mol. The first kappa shape index (κ1) is 13.2. The Labute approximate surface area is 109 Å². The van der Waals surface area contributed by atoms with Crippen LogP contribution in [-0.2, 0) is 0 Å². The number of rotatable bonds is 4. The van der Waals surface area contributed by atoms with Crippen molar-refractivity contribution < 1.29 is 5.11 Å². The van der Waals surface area contributed by atoms with Crippen LogP contribution in [0, 0.1) is 0 Å². The average molecular weight is 249 g/mol. The van der Waals surface area contributed by atoms with Gasteiger partial charge in [-0.3, -0.25) is 4.90 Å². The molecule has 4 heteroatoms. The highest BCUT2D eigenvalue weighted by Gasteiger charge is 2.22. The number of nitrogen functional groups attached to an aromatic ring is 1. The number of para-hydroxylation sites is 2. The zero-order chi connectivity index (χ0) is 13.0. The summed E-state index contributed by atoms with van der Waals surface area (Å²) in [4.78, 5) is 4.70. The molecule has 0 saturated carbocycles. The Kier molecular flexibility index (Phi) is 4.44. The van der Waals surface area contributed by atoms with Crippen molar-refractivity contribution in [2.45, 2.75) is 19.4 Å². The molecule has 1 aromatic carbocycles. The van der Waals surface area contributed by atoms with E-state index in [0.717, 1.165) is 44.0 Å². The number of hydrogen-bond acceptors (Lipinski definition) is 4. The van der Waals surface area contributed by atoms with Crippen LogP contribution < -0.4 is 10.6 Å². The van der Waals surface area contributed by atoms with Crippen LogP contribution >= 0.6 is 0 Å². The van der Waals surface area contributed by atoms with Gasteiger partial charge >= 0.3 is 0 Å². The molecule has 3 N–H and O–H groups in total. The van der Waals surface area contributed by atoms with Crippen molar-refractivity contribution >= 4 is 11.4 Å². The summed E-state index contributed by atoms with van der Waals surface area (Å²) >= 11 is 0. The summed E-state index contributed by atoms with van der Waals surface area (Å²) in [6.07, 6.45) is 1.00. The largest absolute Gasteiger partial charge is 0.397 e. The number of piperazine rings is 1. The van der Waals surface area contributed by atoms with Crippen LogP contribution in [0.5, 0.6) is 0 Å². The van der Waals surface area contributed by atoms with E-state index in [-0.39, 0.29) is 6.61 Å². The molecule has 1 aromatic rings. The van der Waals surface area contributed by atoms with Gasteiger partial charge in [0, 0.05) is 32.2 Å². The molecular formula is C14H23N3O. The van der Waals surface area contributed by atoms with E-state index in [4.69, 9.17) is 5.73 Å². The van der Waals surface area contributed by atoms with Gasteiger partial charge in [-0.05, 0) is 18.6 Å². The molecule has 0 radical (unpaired) electrons. The monoisotopic (exact) mass is 249 g/mol. The number of hydrogen-bond donors (Lipinski definition) is 2. The minimum Gasteiger partial charge on any atom is -0.397 e. The molecule has 1 heterocycles. The lowest BCUT2D eigenvalue weighted by atomic mass is 10.1. The van der Waals surface area contributed by atoms with Crippen molar-refractivity contribution in [1.29, 1.82) is 0 Å². The zero-order valence-electron chi connectivity index (χ0n) is 11.0. The van der Waals surface area contributed by atoms with E-state index in [2.05, 4.69) is 22.8 Å². The molecule has 2 rings (SSSR count). The molecule has 0 aliphatic carbocycles. The summed E-state index contributed by atoms with van der Waals surface area (Å²) < 4.78 is 0. The Morgan fingerprint density at radius 3 is 2.44 bits per heavy atom. The fourth-order valence-corrected chi connectivity index (χ4v) is 2.61. The van der Waals surface area contributed by atoms with Gasteiger partial charge < -0.3 is 15.7 Å². The second-order valence-electron chi connectivity index (χ2n) is 4.83. The number of aliphatic hydroxyl groups excluding tert-OH is 1. The van der Waals surface area contributed by atoms with Crippen LogP contribution in [0.2, 0.25) is 0 Å². The minimum atomic E-state index is 0.254. The summed E-state index contributed by atoms with van der Waals surface area (Å²) in [5.41, 5.74) is 7.98. The number of nitrogens with two attached hydrogens (primary N) is 1. The van der Waals surface area contributed by atoms with Crippen molar-refractivity contribution in [2.75, 3.05) is 43.4 Å². The average Bonchev–Trinajstić information content (AvgIpc) is 2.42. The van der Waals surface area contributed by atoms with Gasteiger partial charge in [0.25, 0.3) is 0 Å². The first-order chi connectivity index (χ1) is 8.76. The van der Waals surface area contributed by atoms with Gasteiger partial charge in [-0.2, -0.15) is 0 Å². The van der Waals surface area contributed by atoms with Crippen molar-refractivity contribution in [3.05, 3.63) is 24.3 Å². The maximum absolute atomic E-state index is 9.33. The fourth-order valence-electron chi connectivity index (χ4n) is 2.61. The first-order valence-electron chi connectivity index (χ1n) is 6.70. The van der Waals surface area contributed by atoms with Crippen LogP contribution in [-0.4, -0.2) is 48.8 Å². The summed E-state index contributed by atoms with van der Waals surface area (Å²) in [6, 6.07) is 8.33. The van der Waals surface area contributed by atoms with Gasteiger partial charge in [-0.25, -0.2) is 0 Å². The highest BCUT2D eigenvalue weighted by atomic mass is 16.3. The van der Waals surface area contributed by atoms with Crippen LogP contribution in [0.3, 0.4) is 0 Å². The Hall–Kier alpha value is -1.26. The standard InChI is InChI=1S/C14H23N3O/c1-2-12(11-18)16-7-9-17(10-8-16)14-6-4-3-5-13(14)15/h3-6,12,18H,2,7-11,15H2,1H3. The number of benzene rings is 1. The molecule has 0 aromatic heterocycles. The highest BCUT2D eigenvalue weighted by Crippen LogP contribution is 2.24. The maximum Gasteiger partial charge on any atom is 0.0600 e. The molecule has 1 fully saturated rings. The van der Waals surface area contributed by atoms with E-state index in [1.165, 1.54) is 0 Å². The van der Waals surface area contributed by atoms with Crippen LogP contribution in [0.1, 0.15) is 13.3 Å². The molecule has 1 atom stereocenters. The Morgan fingerprint density at radius 1 is 1.22 bits per heavy atom. The molecule has 0 amide bonds. The van der Waals surface area contributed by atoms with E-state index in [9.17, 15) is 5.11 Å². The molecule has 1 aliphatic heterocycles. The molecule has 4 nitrogen and oxygen atoms in total. The molecule has 18 heavy (non-hydrogen) atoms. The van der Waals surface area contributed by atoms with E-state index in [0.29, 0.717) is 6.04 Å². The molecule has 1 aliphatic rings. The molecule has 1 saturated heterocycles. The summed E-state index contributed by atoms with van der Waals surface area (Å²) in [5.74, 6) is 0. The third-order valence-electron chi connectivity index (χ3n) is 3.79.